The first-order valence-corrected chi connectivity index (χ1v) is 11.2. The number of thioether (sulfide) groups is 1. The number of nitrogens with zero attached hydrogens (tertiary/aromatic N) is 5. The molecule has 0 spiro atoms. The summed E-state index contributed by atoms with van der Waals surface area (Å²) in [6, 6.07) is 0.569. The lowest BCUT2D eigenvalue weighted by atomic mass is 10.0. The summed E-state index contributed by atoms with van der Waals surface area (Å²) in [5, 5.41) is 0.329. The Morgan fingerprint density at radius 3 is 2.54 bits per heavy atom. The molecule has 0 aromatic carbocycles. The van der Waals surface area contributed by atoms with Gasteiger partial charge in [0.05, 0.1) is 12.3 Å². The van der Waals surface area contributed by atoms with Gasteiger partial charge < -0.3 is 0 Å². The lowest BCUT2D eigenvalue weighted by Crippen LogP contribution is -2.45. The Balaban J connectivity index is 2.56. The highest BCUT2D eigenvalue weighted by Gasteiger charge is 2.23. The maximum atomic E-state index is 4.76. The largest absolute Gasteiger partial charge is 0.299 e. The van der Waals surface area contributed by atoms with Gasteiger partial charge in [0.15, 0.2) is 0 Å². The van der Waals surface area contributed by atoms with Crippen molar-refractivity contribution in [2.45, 2.75) is 38.0 Å². The van der Waals surface area contributed by atoms with Gasteiger partial charge in [0.2, 0.25) is 0 Å². The van der Waals surface area contributed by atoms with E-state index in [2.05, 4.69) is 66.2 Å². The van der Waals surface area contributed by atoms with E-state index in [9.17, 15) is 0 Å². The Labute approximate surface area is 176 Å². The number of hydrogen-bond acceptors (Lipinski definition) is 5. The summed E-state index contributed by atoms with van der Waals surface area (Å²) >= 11 is 1.77. The SMILES string of the molecule is C=CN=C/C=C(\C)CN1CCC(N(C)CC(=NC)N=C(C=C)C(C)SC)CC1. The number of piperidine rings is 1. The van der Waals surface area contributed by atoms with E-state index in [1.165, 1.54) is 18.4 Å². The van der Waals surface area contributed by atoms with E-state index < -0.39 is 0 Å². The van der Waals surface area contributed by atoms with Crippen molar-refractivity contribution in [3.05, 3.63) is 37.1 Å². The second kappa shape index (κ2) is 13.6. The fraction of sp³-hybridized carbons (Fsp3) is 0.591. The molecule has 28 heavy (non-hydrogen) atoms. The maximum absolute atomic E-state index is 4.76. The molecule has 0 aromatic heterocycles. The zero-order chi connectivity index (χ0) is 20.9. The summed E-state index contributed by atoms with van der Waals surface area (Å²) in [5.74, 6) is 0.876. The van der Waals surface area contributed by atoms with E-state index in [1.807, 2.05) is 19.3 Å². The van der Waals surface area contributed by atoms with Crippen molar-refractivity contribution in [1.29, 1.82) is 0 Å². The van der Waals surface area contributed by atoms with Gasteiger partial charge in [-0.15, -0.1) is 0 Å². The van der Waals surface area contributed by atoms with Crippen LogP contribution in [0.2, 0.25) is 0 Å². The monoisotopic (exact) mass is 403 g/mol. The highest BCUT2D eigenvalue weighted by molar-refractivity contribution is 7.99. The van der Waals surface area contributed by atoms with Gasteiger partial charge in [0.25, 0.3) is 0 Å². The van der Waals surface area contributed by atoms with Crippen LogP contribution < -0.4 is 0 Å². The minimum atomic E-state index is 0.329. The average molecular weight is 404 g/mol. The summed E-state index contributed by atoms with van der Waals surface area (Å²) in [6.45, 7) is 15.8. The molecule has 1 aliphatic rings. The Hall–Kier alpha value is -1.50. The van der Waals surface area contributed by atoms with E-state index >= 15 is 0 Å². The molecule has 1 atom stereocenters. The summed E-state index contributed by atoms with van der Waals surface area (Å²) in [5.41, 5.74) is 2.32. The molecule has 0 amide bonds. The van der Waals surface area contributed by atoms with Crippen LogP contribution in [-0.4, -0.2) is 85.4 Å². The Morgan fingerprint density at radius 1 is 1.32 bits per heavy atom. The lowest BCUT2D eigenvalue weighted by molar-refractivity contribution is 0.145. The molecule has 0 radical (unpaired) electrons. The standard InChI is InChI=1S/C22H37N5S/c1-8-21(19(4)28-7)25-22(23-5)17-26(6)20-11-14-27(15-12-20)16-18(3)10-13-24-9-2/h8-10,13,19-20H,1-2,11-12,14-17H2,3-7H3/b18-10+,23-22?,24-13?,25-21?. The predicted octanol–water partition coefficient (Wildman–Crippen LogP) is 3.95. The first-order chi connectivity index (χ1) is 13.4. The molecule has 6 heteroatoms. The van der Waals surface area contributed by atoms with Crippen LogP contribution in [-0.2, 0) is 0 Å². The minimum absolute atomic E-state index is 0.329. The van der Waals surface area contributed by atoms with Crippen molar-refractivity contribution >= 4 is 29.5 Å². The lowest BCUT2D eigenvalue weighted by Gasteiger charge is -2.36. The van der Waals surface area contributed by atoms with E-state index in [4.69, 9.17) is 4.99 Å². The molecule has 1 saturated heterocycles. The average Bonchev–Trinajstić information content (AvgIpc) is 2.71. The Morgan fingerprint density at radius 2 is 2.00 bits per heavy atom. The van der Waals surface area contributed by atoms with Crippen LogP contribution in [0.3, 0.4) is 0 Å². The molecule has 1 fully saturated rings. The number of hydrogen-bond donors (Lipinski definition) is 0. The highest BCUT2D eigenvalue weighted by Crippen LogP contribution is 2.17. The number of aliphatic imine (C=N–C) groups is 3. The minimum Gasteiger partial charge on any atom is -0.299 e. The quantitative estimate of drug-likeness (QED) is 0.410. The van der Waals surface area contributed by atoms with Crippen LogP contribution >= 0.6 is 11.8 Å². The zero-order valence-corrected chi connectivity index (χ0v) is 19.1. The van der Waals surface area contributed by atoms with Gasteiger partial charge >= 0.3 is 0 Å². The summed E-state index contributed by atoms with van der Waals surface area (Å²) < 4.78 is 0. The molecule has 156 valence electrons. The van der Waals surface area contributed by atoms with Crippen LogP contribution in [0, 0.1) is 0 Å². The fourth-order valence-electron chi connectivity index (χ4n) is 3.24. The molecule has 1 unspecified atom stereocenters. The van der Waals surface area contributed by atoms with Crippen LogP contribution in [0.25, 0.3) is 0 Å². The number of likely N-dealkylation sites (tertiary alicyclic amines) is 1. The highest BCUT2D eigenvalue weighted by atomic mass is 32.2. The molecule has 0 aliphatic carbocycles. The second-order valence-corrected chi connectivity index (χ2v) is 8.35. The molecule has 1 rings (SSSR count). The van der Waals surface area contributed by atoms with Gasteiger partial charge in [-0.1, -0.05) is 18.7 Å². The van der Waals surface area contributed by atoms with Crippen LogP contribution in [0.1, 0.15) is 26.7 Å². The Kier molecular flexibility index (Phi) is 12.0. The molecule has 0 saturated carbocycles. The van der Waals surface area contributed by atoms with Crippen molar-refractivity contribution in [2.24, 2.45) is 15.0 Å². The molecule has 0 aromatic rings. The molecule has 0 bridgehead atoms. The van der Waals surface area contributed by atoms with Crippen LogP contribution in [0.15, 0.2) is 52.1 Å². The van der Waals surface area contributed by atoms with Gasteiger partial charge in [-0.2, -0.15) is 11.8 Å². The van der Waals surface area contributed by atoms with E-state index in [1.54, 1.807) is 18.0 Å². The molecular weight excluding hydrogens is 366 g/mol. The smallest absolute Gasteiger partial charge is 0.137 e. The van der Waals surface area contributed by atoms with E-state index in [0.29, 0.717) is 11.3 Å². The van der Waals surface area contributed by atoms with E-state index in [0.717, 1.165) is 37.7 Å². The fourth-order valence-corrected chi connectivity index (χ4v) is 3.63. The van der Waals surface area contributed by atoms with Gasteiger partial charge in [-0.05, 0) is 65.2 Å². The molecular formula is C22H37N5S. The third-order valence-electron chi connectivity index (χ3n) is 5.09. The molecule has 5 nitrogen and oxygen atoms in total. The van der Waals surface area contributed by atoms with Crippen LogP contribution in [0.4, 0.5) is 0 Å². The molecule has 1 aliphatic heterocycles. The van der Waals surface area contributed by atoms with E-state index in [-0.39, 0.29) is 0 Å². The molecule has 0 N–H and O–H groups in total. The third kappa shape index (κ3) is 8.67. The maximum Gasteiger partial charge on any atom is 0.137 e. The number of likely N-dealkylation sites (N-methyl/N-ethyl adjacent to an activating group) is 1. The normalized spacial score (nSPS) is 19.4. The van der Waals surface area contributed by atoms with Crippen molar-refractivity contribution in [2.75, 3.05) is 46.5 Å². The first-order valence-electron chi connectivity index (χ1n) is 9.87. The topological polar surface area (TPSA) is 43.6 Å². The number of amidine groups is 1. The zero-order valence-electron chi connectivity index (χ0n) is 18.3. The third-order valence-corrected chi connectivity index (χ3v) is 6.04. The van der Waals surface area contributed by atoms with Gasteiger partial charge in [-0.25, -0.2) is 4.99 Å². The second-order valence-electron chi connectivity index (χ2n) is 7.17. The Bertz CT molecular complexity index is 612. The van der Waals surface area contributed by atoms with Gasteiger partial charge in [-0.3, -0.25) is 19.8 Å². The van der Waals surface area contributed by atoms with Crippen molar-refractivity contribution in [1.82, 2.24) is 9.80 Å². The van der Waals surface area contributed by atoms with Crippen molar-refractivity contribution in [3.63, 3.8) is 0 Å². The predicted molar refractivity (Wildman–Crippen MR) is 129 cm³/mol. The van der Waals surface area contributed by atoms with Crippen LogP contribution in [0.5, 0.6) is 0 Å². The van der Waals surface area contributed by atoms with Crippen molar-refractivity contribution in [3.8, 4) is 0 Å². The molecule has 1 heterocycles. The van der Waals surface area contributed by atoms with Gasteiger partial charge in [0, 0.05) is 37.3 Å². The summed E-state index contributed by atoms with van der Waals surface area (Å²) in [6.07, 6.45) is 11.7. The summed E-state index contributed by atoms with van der Waals surface area (Å²) in [7, 11) is 4.01. The van der Waals surface area contributed by atoms with Crippen molar-refractivity contribution < 1.29 is 0 Å². The van der Waals surface area contributed by atoms with Gasteiger partial charge in [0.1, 0.15) is 5.84 Å². The number of rotatable bonds is 10. The first kappa shape index (κ1) is 24.5. The number of allylic oxidation sites excluding steroid dienone is 2. The summed E-state index contributed by atoms with van der Waals surface area (Å²) in [4.78, 5) is 18.1.